The van der Waals surface area contributed by atoms with E-state index in [0.717, 1.165) is 28.3 Å². The third-order valence-corrected chi connectivity index (χ3v) is 3.92. The molecular weight excluding hydrogens is 262 g/mol. The molecule has 19 heavy (non-hydrogen) atoms. The van der Waals surface area contributed by atoms with Gasteiger partial charge in [0.2, 0.25) is 0 Å². The van der Waals surface area contributed by atoms with Gasteiger partial charge in [0.25, 0.3) is 0 Å². The van der Waals surface area contributed by atoms with E-state index >= 15 is 0 Å². The van der Waals surface area contributed by atoms with E-state index in [1.54, 1.807) is 0 Å². The lowest BCUT2D eigenvalue weighted by molar-refractivity contribution is 0.730. The van der Waals surface area contributed by atoms with Gasteiger partial charge in [-0.3, -0.25) is 4.68 Å². The lowest BCUT2D eigenvalue weighted by Gasteiger charge is -2.10. The van der Waals surface area contributed by atoms with Crippen molar-refractivity contribution in [2.45, 2.75) is 34.2 Å². The van der Waals surface area contributed by atoms with Crippen LogP contribution in [0.5, 0.6) is 0 Å². The van der Waals surface area contributed by atoms with Gasteiger partial charge in [0.15, 0.2) is 11.0 Å². The van der Waals surface area contributed by atoms with Gasteiger partial charge in [0.1, 0.15) is 0 Å². The Labute approximate surface area is 118 Å². The van der Waals surface area contributed by atoms with E-state index in [0.29, 0.717) is 11.7 Å². The maximum absolute atomic E-state index is 5.94. The number of nitrogens with one attached hydrogen (secondary N) is 1. The van der Waals surface area contributed by atoms with E-state index in [1.807, 2.05) is 32.5 Å². The van der Waals surface area contributed by atoms with Crippen molar-refractivity contribution < 1.29 is 0 Å². The second-order valence-corrected chi connectivity index (χ2v) is 5.07. The quantitative estimate of drug-likeness (QED) is 0.939. The van der Waals surface area contributed by atoms with Crippen molar-refractivity contribution in [1.82, 2.24) is 20.0 Å². The predicted octanol–water partition coefficient (Wildman–Crippen LogP) is 2.71. The minimum absolute atomic E-state index is 0.455. The van der Waals surface area contributed by atoms with Gasteiger partial charge in [-0.15, -0.1) is 10.2 Å². The van der Waals surface area contributed by atoms with Crippen LogP contribution >= 0.6 is 11.6 Å². The van der Waals surface area contributed by atoms with Crippen LogP contribution in [-0.2, 0) is 13.6 Å². The van der Waals surface area contributed by atoms with Gasteiger partial charge in [-0.1, -0.05) is 11.6 Å². The molecule has 0 aliphatic rings. The summed E-state index contributed by atoms with van der Waals surface area (Å²) >= 11 is 5.94. The summed E-state index contributed by atoms with van der Waals surface area (Å²) in [5, 5.41) is 16.2. The van der Waals surface area contributed by atoms with E-state index in [4.69, 9.17) is 11.6 Å². The maximum atomic E-state index is 5.94. The van der Waals surface area contributed by atoms with Gasteiger partial charge in [-0.2, -0.15) is 5.10 Å². The Morgan fingerprint density at radius 2 is 1.79 bits per heavy atom. The van der Waals surface area contributed by atoms with Gasteiger partial charge < -0.3 is 5.32 Å². The predicted molar refractivity (Wildman–Crippen MR) is 76.5 cm³/mol. The molecule has 2 heterocycles. The van der Waals surface area contributed by atoms with Crippen LogP contribution in [0, 0.1) is 27.7 Å². The second-order valence-electron chi connectivity index (χ2n) is 4.72. The summed E-state index contributed by atoms with van der Waals surface area (Å²) < 4.78 is 1.89. The van der Waals surface area contributed by atoms with Gasteiger partial charge in [0.05, 0.1) is 5.69 Å². The van der Waals surface area contributed by atoms with Crippen molar-refractivity contribution in [3.05, 3.63) is 33.2 Å². The molecule has 5 nitrogen and oxygen atoms in total. The molecule has 0 atom stereocenters. The molecule has 0 radical (unpaired) electrons. The Hall–Kier alpha value is -1.62. The number of anilines is 1. The van der Waals surface area contributed by atoms with Crippen molar-refractivity contribution >= 4 is 17.4 Å². The van der Waals surface area contributed by atoms with E-state index < -0.39 is 0 Å². The fourth-order valence-electron chi connectivity index (χ4n) is 1.99. The summed E-state index contributed by atoms with van der Waals surface area (Å²) in [7, 11) is 1.95. The lowest BCUT2D eigenvalue weighted by atomic mass is 10.1. The fraction of sp³-hybridized carbons (Fsp3) is 0.462. The molecule has 0 saturated carbocycles. The van der Waals surface area contributed by atoms with Crippen LogP contribution in [0.4, 0.5) is 5.82 Å². The smallest absolute Gasteiger partial charge is 0.155 e. The van der Waals surface area contributed by atoms with E-state index in [-0.39, 0.29) is 0 Å². The molecule has 0 aliphatic heterocycles. The first-order valence-corrected chi connectivity index (χ1v) is 6.52. The average Bonchev–Trinajstić information content (AvgIpc) is 2.61. The summed E-state index contributed by atoms with van der Waals surface area (Å²) in [6.07, 6.45) is 0. The molecule has 0 saturated heterocycles. The molecule has 0 bridgehead atoms. The van der Waals surface area contributed by atoms with E-state index in [2.05, 4.69) is 27.5 Å². The molecule has 6 heteroatoms. The Morgan fingerprint density at radius 1 is 1.11 bits per heavy atom. The molecule has 2 aromatic heterocycles. The largest absolute Gasteiger partial charge is 0.364 e. The van der Waals surface area contributed by atoms with Crippen molar-refractivity contribution in [3.63, 3.8) is 0 Å². The van der Waals surface area contributed by atoms with E-state index in [1.165, 1.54) is 5.56 Å². The highest BCUT2D eigenvalue weighted by Gasteiger charge is 2.11. The SMILES string of the molecule is Cc1nn(C)c(C)c1CNc1nnc(Cl)c(C)c1C. The maximum Gasteiger partial charge on any atom is 0.155 e. The van der Waals surface area contributed by atoms with Gasteiger partial charge >= 0.3 is 0 Å². The van der Waals surface area contributed by atoms with Crippen molar-refractivity contribution in [1.29, 1.82) is 0 Å². The molecule has 0 spiro atoms. The molecule has 0 amide bonds. The first-order valence-electron chi connectivity index (χ1n) is 6.14. The molecular formula is C13H18ClN5. The first kappa shape index (κ1) is 13.8. The summed E-state index contributed by atoms with van der Waals surface area (Å²) in [6.45, 7) is 8.68. The minimum Gasteiger partial charge on any atom is -0.364 e. The normalized spacial score (nSPS) is 10.8. The zero-order valence-electron chi connectivity index (χ0n) is 11.9. The van der Waals surface area contributed by atoms with E-state index in [9.17, 15) is 0 Å². The van der Waals surface area contributed by atoms with Gasteiger partial charge in [-0.05, 0) is 38.8 Å². The molecule has 2 rings (SSSR count). The zero-order chi connectivity index (χ0) is 14.2. The van der Waals surface area contributed by atoms with Crippen molar-refractivity contribution in [2.24, 2.45) is 7.05 Å². The number of hydrogen-bond acceptors (Lipinski definition) is 4. The molecule has 0 aromatic carbocycles. The number of hydrogen-bond donors (Lipinski definition) is 1. The van der Waals surface area contributed by atoms with Crippen LogP contribution in [0.15, 0.2) is 0 Å². The van der Waals surface area contributed by atoms with Crippen molar-refractivity contribution in [3.8, 4) is 0 Å². The van der Waals surface area contributed by atoms with Crippen molar-refractivity contribution in [2.75, 3.05) is 5.32 Å². The Kier molecular flexibility index (Phi) is 3.75. The number of aryl methyl sites for hydroxylation is 2. The Morgan fingerprint density at radius 3 is 2.37 bits per heavy atom. The van der Waals surface area contributed by atoms with Crippen LogP contribution in [0.2, 0.25) is 5.15 Å². The first-order chi connectivity index (χ1) is 8.91. The van der Waals surface area contributed by atoms with Crippen LogP contribution in [0.3, 0.4) is 0 Å². The van der Waals surface area contributed by atoms with Gasteiger partial charge in [-0.25, -0.2) is 0 Å². The summed E-state index contributed by atoms with van der Waals surface area (Å²) in [5.41, 5.74) is 5.36. The molecule has 1 N–H and O–H groups in total. The summed E-state index contributed by atoms with van der Waals surface area (Å²) in [5.74, 6) is 0.768. The Balaban J connectivity index is 2.22. The zero-order valence-corrected chi connectivity index (χ0v) is 12.6. The van der Waals surface area contributed by atoms with Crippen LogP contribution in [0.1, 0.15) is 28.1 Å². The third kappa shape index (κ3) is 2.56. The van der Waals surface area contributed by atoms with Crippen LogP contribution in [-0.4, -0.2) is 20.0 Å². The van der Waals surface area contributed by atoms with Crippen LogP contribution in [0.25, 0.3) is 0 Å². The number of aromatic nitrogens is 4. The van der Waals surface area contributed by atoms with Crippen LogP contribution < -0.4 is 5.32 Å². The number of rotatable bonds is 3. The molecule has 102 valence electrons. The summed E-state index contributed by atoms with van der Waals surface area (Å²) in [6, 6.07) is 0. The molecule has 2 aromatic rings. The Bertz CT molecular complexity index is 618. The highest BCUT2D eigenvalue weighted by molar-refractivity contribution is 6.30. The minimum atomic E-state index is 0.455. The third-order valence-electron chi connectivity index (χ3n) is 3.56. The average molecular weight is 280 g/mol. The number of nitrogens with zero attached hydrogens (tertiary/aromatic N) is 4. The highest BCUT2D eigenvalue weighted by atomic mass is 35.5. The lowest BCUT2D eigenvalue weighted by Crippen LogP contribution is -2.07. The monoisotopic (exact) mass is 279 g/mol. The molecule has 0 aliphatic carbocycles. The molecule has 0 fully saturated rings. The fourth-order valence-corrected chi connectivity index (χ4v) is 2.17. The topological polar surface area (TPSA) is 55.6 Å². The number of halogens is 1. The second kappa shape index (κ2) is 5.17. The standard InChI is InChI=1S/C13H18ClN5/c1-7-8(2)13(17-16-12(7)14)15-6-11-9(3)18-19(5)10(11)4/h6H2,1-5H3,(H,15,17). The molecule has 0 unspecified atom stereocenters. The highest BCUT2D eigenvalue weighted by Crippen LogP contribution is 2.21. The summed E-state index contributed by atoms with van der Waals surface area (Å²) in [4.78, 5) is 0. The van der Waals surface area contributed by atoms with Gasteiger partial charge in [0, 0.05) is 24.8 Å².